The van der Waals surface area contributed by atoms with Gasteiger partial charge in [0.05, 0.1) is 0 Å². The van der Waals surface area contributed by atoms with E-state index in [0.29, 0.717) is 6.04 Å². The van der Waals surface area contributed by atoms with E-state index in [2.05, 4.69) is 10.3 Å². The van der Waals surface area contributed by atoms with Gasteiger partial charge < -0.3 is 10.1 Å². The highest BCUT2D eigenvalue weighted by atomic mass is 16.4. The number of carbonyl (C=O) groups is 1. The number of carboxylic acid groups (broad SMARTS) is 1. The predicted molar refractivity (Wildman–Crippen MR) is 47.3 cm³/mol. The van der Waals surface area contributed by atoms with Gasteiger partial charge in [-0.1, -0.05) is 0 Å². The van der Waals surface area contributed by atoms with Crippen LogP contribution in [0.25, 0.3) is 0 Å². The number of carboxylic acids is 1. The van der Waals surface area contributed by atoms with Crippen LogP contribution >= 0.6 is 0 Å². The summed E-state index contributed by atoms with van der Waals surface area (Å²) in [6.45, 7) is 0. The van der Waals surface area contributed by atoms with Crippen LogP contribution in [0.3, 0.4) is 0 Å². The summed E-state index contributed by atoms with van der Waals surface area (Å²) in [7, 11) is 0. The van der Waals surface area contributed by atoms with E-state index in [0.717, 1.165) is 18.4 Å². The SMILES string of the molecule is O=C(O)C(NC1CC1)c1cc[nH]c1. The monoisotopic (exact) mass is 180 g/mol. The third-order valence-corrected chi connectivity index (χ3v) is 2.18. The average Bonchev–Trinajstić information content (AvgIpc) is 2.75. The van der Waals surface area contributed by atoms with Crippen LogP contribution in [0.5, 0.6) is 0 Å². The summed E-state index contributed by atoms with van der Waals surface area (Å²) >= 11 is 0. The van der Waals surface area contributed by atoms with E-state index in [1.807, 2.05) is 0 Å². The Morgan fingerprint density at radius 3 is 2.92 bits per heavy atom. The fourth-order valence-corrected chi connectivity index (χ4v) is 1.31. The molecule has 1 saturated carbocycles. The molecule has 0 bridgehead atoms. The number of hydrogen-bond donors (Lipinski definition) is 3. The lowest BCUT2D eigenvalue weighted by Gasteiger charge is -2.11. The first-order valence-corrected chi connectivity index (χ1v) is 4.39. The number of nitrogens with one attached hydrogen (secondary N) is 2. The Balaban J connectivity index is 2.08. The zero-order valence-corrected chi connectivity index (χ0v) is 7.16. The van der Waals surface area contributed by atoms with E-state index >= 15 is 0 Å². The van der Waals surface area contributed by atoms with Crippen molar-refractivity contribution in [2.24, 2.45) is 0 Å². The molecule has 1 aliphatic carbocycles. The molecule has 1 aliphatic rings. The van der Waals surface area contributed by atoms with Crippen molar-refractivity contribution in [3.63, 3.8) is 0 Å². The fourth-order valence-electron chi connectivity index (χ4n) is 1.31. The van der Waals surface area contributed by atoms with Crippen molar-refractivity contribution >= 4 is 5.97 Å². The quantitative estimate of drug-likeness (QED) is 0.644. The second-order valence-corrected chi connectivity index (χ2v) is 3.36. The van der Waals surface area contributed by atoms with Crippen LogP contribution in [0.15, 0.2) is 18.5 Å². The number of aromatic amines is 1. The van der Waals surface area contributed by atoms with Crippen LogP contribution in [-0.2, 0) is 4.79 Å². The van der Waals surface area contributed by atoms with Crippen molar-refractivity contribution in [1.82, 2.24) is 10.3 Å². The van der Waals surface area contributed by atoms with Gasteiger partial charge in [-0.25, -0.2) is 0 Å². The van der Waals surface area contributed by atoms with E-state index in [1.165, 1.54) is 0 Å². The van der Waals surface area contributed by atoms with Crippen LogP contribution in [0.4, 0.5) is 0 Å². The third-order valence-electron chi connectivity index (χ3n) is 2.18. The Morgan fingerprint density at radius 1 is 1.69 bits per heavy atom. The van der Waals surface area contributed by atoms with Gasteiger partial charge in [0, 0.05) is 18.4 Å². The zero-order chi connectivity index (χ0) is 9.26. The normalized spacial score (nSPS) is 18.5. The van der Waals surface area contributed by atoms with Gasteiger partial charge in [0.1, 0.15) is 6.04 Å². The summed E-state index contributed by atoms with van der Waals surface area (Å²) in [5.41, 5.74) is 0.791. The highest BCUT2D eigenvalue weighted by Gasteiger charge is 2.29. The number of aromatic nitrogens is 1. The summed E-state index contributed by atoms with van der Waals surface area (Å²) < 4.78 is 0. The highest BCUT2D eigenvalue weighted by molar-refractivity contribution is 5.75. The fraction of sp³-hybridized carbons (Fsp3) is 0.444. The smallest absolute Gasteiger partial charge is 0.325 e. The maximum Gasteiger partial charge on any atom is 0.325 e. The van der Waals surface area contributed by atoms with Gasteiger partial charge in [-0.3, -0.25) is 10.1 Å². The molecule has 1 atom stereocenters. The van der Waals surface area contributed by atoms with Crippen molar-refractivity contribution in [2.75, 3.05) is 0 Å². The molecular formula is C9H12N2O2. The second kappa shape index (κ2) is 3.22. The van der Waals surface area contributed by atoms with Crippen molar-refractivity contribution in [3.8, 4) is 0 Å². The maximum atomic E-state index is 10.9. The Bertz CT molecular complexity index is 291. The number of aliphatic carboxylic acids is 1. The molecule has 0 saturated heterocycles. The Hall–Kier alpha value is -1.29. The molecule has 4 heteroatoms. The molecule has 1 aromatic rings. The largest absolute Gasteiger partial charge is 0.480 e. The summed E-state index contributed by atoms with van der Waals surface area (Å²) in [5, 5.41) is 12.0. The Kier molecular flexibility index (Phi) is 2.06. The molecule has 1 fully saturated rings. The molecule has 2 rings (SSSR count). The summed E-state index contributed by atoms with van der Waals surface area (Å²) in [4.78, 5) is 13.7. The molecule has 1 unspecified atom stereocenters. The standard InChI is InChI=1S/C9H12N2O2/c12-9(13)8(11-7-1-2-7)6-3-4-10-5-6/h3-5,7-8,10-11H,1-2H2,(H,12,13). The van der Waals surface area contributed by atoms with Crippen LogP contribution in [0.1, 0.15) is 24.4 Å². The van der Waals surface area contributed by atoms with E-state index < -0.39 is 12.0 Å². The lowest BCUT2D eigenvalue weighted by Crippen LogP contribution is -2.29. The topological polar surface area (TPSA) is 65.1 Å². The van der Waals surface area contributed by atoms with Crippen molar-refractivity contribution < 1.29 is 9.90 Å². The third kappa shape index (κ3) is 1.89. The van der Waals surface area contributed by atoms with Crippen molar-refractivity contribution in [3.05, 3.63) is 24.0 Å². The first kappa shape index (κ1) is 8.31. The molecule has 0 spiro atoms. The van der Waals surface area contributed by atoms with Gasteiger partial charge in [-0.05, 0) is 24.5 Å². The van der Waals surface area contributed by atoms with Crippen LogP contribution < -0.4 is 5.32 Å². The predicted octanol–water partition coefficient (Wildman–Crippen LogP) is 0.892. The van der Waals surface area contributed by atoms with Crippen molar-refractivity contribution in [1.29, 1.82) is 0 Å². The van der Waals surface area contributed by atoms with E-state index in [4.69, 9.17) is 5.11 Å². The highest BCUT2D eigenvalue weighted by Crippen LogP contribution is 2.24. The lowest BCUT2D eigenvalue weighted by molar-refractivity contribution is -0.139. The summed E-state index contributed by atoms with van der Waals surface area (Å²) in [6, 6.07) is 1.63. The Labute approximate surface area is 76.0 Å². The number of rotatable bonds is 4. The van der Waals surface area contributed by atoms with Gasteiger partial charge in [-0.2, -0.15) is 0 Å². The molecule has 0 amide bonds. The molecule has 1 heterocycles. The van der Waals surface area contributed by atoms with Gasteiger partial charge in [0.25, 0.3) is 0 Å². The minimum Gasteiger partial charge on any atom is -0.480 e. The summed E-state index contributed by atoms with van der Waals surface area (Å²) in [6.07, 6.45) is 5.64. The molecule has 0 radical (unpaired) electrons. The maximum absolute atomic E-state index is 10.9. The van der Waals surface area contributed by atoms with Gasteiger partial charge in [0.2, 0.25) is 0 Å². The van der Waals surface area contributed by atoms with Gasteiger partial charge in [0.15, 0.2) is 0 Å². The lowest BCUT2D eigenvalue weighted by atomic mass is 10.1. The molecule has 70 valence electrons. The van der Waals surface area contributed by atoms with Gasteiger partial charge in [-0.15, -0.1) is 0 Å². The van der Waals surface area contributed by atoms with E-state index in [9.17, 15) is 4.79 Å². The van der Waals surface area contributed by atoms with E-state index in [1.54, 1.807) is 18.5 Å². The molecule has 13 heavy (non-hydrogen) atoms. The van der Waals surface area contributed by atoms with Gasteiger partial charge >= 0.3 is 5.97 Å². The zero-order valence-electron chi connectivity index (χ0n) is 7.16. The molecular weight excluding hydrogens is 168 g/mol. The van der Waals surface area contributed by atoms with E-state index in [-0.39, 0.29) is 0 Å². The first-order valence-electron chi connectivity index (χ1n) is 4.39. The number of hydrogen-bond acceptors (Lipinski definition) is 2. The number of H-pyrrole nitrogens is 1. The molecule has 3 N–H and O–H groups in total. The molecule has 0 aliphatic heterocycles. The average molecular weight is 180 g/mol. The Morgan fingerprint density at radius 2 is 2.46 bits per heavy atom. The van der Waals surface area contributed by atoms with Crippen molar-refractivity contribution in [2.45, 2.75) is 24.9 Å². The van der Waals surface area contributed by atoms with Crippen LogP contribution in [0.2, 0.25) is 0 Å². The second-order valence-electron chi connectivity index (χ2n) is 3.36. The molecule has 1 aromatic heterocycles. The minimum absolute atomic E-state index is 0.399. The van der Waals surface area contributed by atoms with Crippen LogP contribution in [0, 0.1) is 0 Å². The molecule has 0 aromatic carbocycles. The minimum atomic E-state index is -0.813. The molecule has 4 nitrogen and oxygen atoms in total. The summed E-state index contributed by atoms with van der Waals surface area (Å²) in [5.74, 6) is -0.813. The van der Waals surface area contributed by atoms with Crippen LogP contribution in [-0.4, -0.2) is 22.1 Å². The first-order chi connectivity index (χ1) is 6.27.